The Hall–Kier alpha value is -3.42. The number of hydrogen-bond donors (Lipinski definition) is 3. The number of hydrogen-bond acceptors (Lipinski definition) is 5. The number of benzene rings is 1. The predicted molar refractivity (Wildman–Crippen MR) is 98.4 cm³/mol. The van der Waals surface area contributed by atoms with Crippen LogP contribution in [-0.2, 0) is 6.42 Å². The number of aromatic amines is 2. The summed E-state index contributed by atoms with van der Waals surface area (Å²) in [5.74, 6) is -0.421. The summed E-state index contributed by atoms with van der Waals surface area (Å²) in [5, 5.41) is 10.6. The molecule has 0 aliphatic heterocycles. The normalized spacial score (nSPS) is 11.7. The summed E-state index contributed by atoms with van der Waals surface area (Å²) in [6.45, 7) is 3.86. The zero-order chi connectivity index (χ0) is 18.7. The van der Waals surface area contributed by atoms with E-state index < -0.39 is 17.1 Å². The lowest BCUT2D eigenvalue weighted by Crippen LogP contribution is -2.33. The highest BCUT2D eigenvalue weighted by atomic mass is 16.3. The minimum atomic E-state index is -0.698. The first-order chi connectivity index (χ1) is 12.5. The van der Waals surface area contributed by atoms with E-state index in [-0.39, 0.29) is 5.56 Å². The first-order valence-electron chi connectivity index (χ1n) is 8.12. The first kappa shape index (κ1) is 17.4. The Bertz CT molecular complexity index is 1060. The van der Waals surface area contributed by atoms with E-state index in [0.29, 0.717) is 24.4 Å². The molecule has 8 nitrogen and oxygen atoms in total. The zero-order valence-electron chi connectivity index (χ0n) is 14.5. The lowest BCUT2D eigenvalue weighted by Gasteiger charge is -2.13. The summed E-state index contributed by atoms with van der Waals surface area (Å²) in [6, 6.07) is 7.10. The maximum atomic E-state index is 12.3. The number of aromatic nitrogens is 4. The van der Waals surface area contributed by atoms with Crippen molar-refractivity contribution in [1.29, 1.82) is 0 Å². The second-order valence-electron chi connectivity index (χ2n) is 5.87. The molecule has 2 heterocycles. The van der Waals surface area contributed by atoms with E-state index in [1.807, 2.05) is 19.1 Å². The van der Waals surface area contributed by atoms with Gasteiger partial charge in [-0.05, 0) is 25.5 Å². The molecular formula is C18H19N5O3. The van der Waals surface area contributed by atoms with Crippen LogP contribution in [0.5, 0.6) is 5.88 Å². The van der Waals surface area contributed by atoms with Crippen LogP contribution in [-0.4, -0.2) is 36.9 Å². The minimum absolute atomic E-state index is 0.0162. The lowest BCUT2D eigenvalue weighted by atomic mass is 10.1. The molecule has 0 saturated heterocycles. The van der Waals surface area contributed by atoms with Gasteiger partial charge in [0.1, 0.15) is 5.56 Å². The number of aromatic hydroxyl groups is 1. The predicted octanol–water partition coefficient (Wildman–Crippen LogP) is 1.31. The third-order valence-electron chi connectivity index (χ3n) is 4.09. The molecule has 0 unspecified atom stereocenters. The van der Waals surface area contributed by atoms with Gasteiger partial charge in [-0.2, -0.15) is 0 Å². The van der Waals surface area contributed by atoms with Gasteiger partial charge in [-0.25, -0.2) is 14.3 Å². The molecule has 0 atom stereocenters. The molecule has 0 aliphatic rings. The largest absolute Gasteiger partial charge is 0.493 e. The summed E-state index contributed by atoms with van der Waals surface area (Å²) < 4.78 is 1.08. The maximum Gasteiger partial charge on any atom is 0.335 e. The molecule has 26 heavy (non-hydrogen) atoms. The third-order valence-corrected chi connectivity index (χ3v) is 4.09. The first-order valence-corrected chi connectivity index (χ1v) is 8.12. The van der Waals surface area contributed by atoms with E-state index in [1.165, 1.54) is 0 Å². The number of nitrogens with zero attached hydrogens (tertiary/aromatic N) is 3. The van der Waals surface area contributed by atoms with Crippen LogP contribution in [0.2, 0.25) is 0 Å². The van der Waals surface area contributed by atoms with Gasteiger partial charge in [0, 0.05) is 30.6 Å². The van der Waals surface area contributed by atoms with Crippen LogP contribution in [0.15, 0.2) is 51.4 Å². The molecule has 0 aliphatic carbocycles. The molecule has 8 heteroatoms. The number of nitrogens with one attached hydrogen (secondary N) is 2. The van der Waals surface area contributed by atoms with Gasteiger partial charge in [-0.3, -0.25) is 14.8 Å². The van der Waals surface area contributed by atoms with Gasteiger partial charge >= 0.3 is 5.69 Å². The topological polar surface area (TPSA) is 116 Å². The monoisotopic (exact) mass is 353 g/mol. The van der Waals surface area contributed by atoms with Gasteiger partial charge in [0.25, 0.3) is 5.56 Å². The van der Waals surface area contributed by atoms with E-state index >= 15 is 0 Å². The van der Waals surface area contributed by atoms with Gasteiger partial charge in [0.15, 0.2) is 0 Å². The van der Waals surface area contributed by atoms with E-state index in [2.05, 4.69) is 19.9 Å². The fourth-order valence-electron chi connectivity index (χ4n) is 2.73. The zero-order valence-corrected chi connectivity index (χ0v) is 14.5. The number of aliphatic imine (C=N–C) groups is 1. The van der Waals surface area contributed by atoms with Crippen LogP contribution in [0.4, 0.5) is 0 Å². The summed E-state index contributed by atoms with van der Waals surface area (Å²) in [6.07, 6.45) is 3.90. The third kappa shape index (κ3) is 3.34. The van der Waals surface area contributed by atoms with Crippen molar-refractivity contribution >= 4 is 5.71 Å². The van der Waals surface area contributed by atoms with E-state index in [4.69, 9.17) is 0 Å². The summed E-state index contributed by atoms with van der Waals surface area (Å²) in [4.78, 5) is 38.0. The van der Waals surface area contributed by atoms with Crippen LogP contribution in [0.1, 0.15) is 23.7 Å². The highest BCUT2D eigenvalue weighted by molar-refractivity contribution is 6.00. The van der Waals surface area contributed by atoms with Crippen molar-refractivity contribution in [2.75, 3.05) is 6.54 Å². The van der Waals surface area contributed by atoms with Crippen molar-refractivity contribution in [3.63, 3.8) is 0 Å². The molecule has 3 N–H and O–H groups in total. The lowest BCUT2D eigenvalue weighted by molar-refractivity contribution is 0.429. The van der Waals surface area contributed by atoms with Gasteiger partial charge in [-0.1, -0.05) is 18.2 Å². The molecule has 0 saturated carbocycles. The van der Waals surface area contributed by atoms with Crippen LogP contribution >= 0.6 is 0 Å². The van der Waals surface area contributed by atoms with Gasteiger partial charge in [0.05, 0.1) is 12.0 Å². The Morgan fingerprint density at radius 1 is 1.31 bits per heavy atom. The van der Waals surface area contributed by atoms with Crippen molar-refractivity contribution < 1.29 is 5.11 Å². The number of para-hydroxylation sites is 1. The smallest absolute Gasteiger partial charge is 0.335 e. The Balaban J connectivity index is 2.02. The Kier molecular flexibility index (Phi) is 4.83. The molecule has 0 radical (unpaired) electrons. The minimum Gasteiger partial charge on any atom is -0.493 e. The van der Waals surface area contributed by atoms with Crippen molar-refractivity contribution in [3.8, 4) is 11.6 Å². The number of imidazole rings is 1. The average molecular weight is 353 g/mol. The van der Waals surface area contributed by atoms with Gasteiger partial charge < -0.3 is 10.1 Å². The van der Waals surface area contributed by atoms with Crippen molar-refractivity contribution in [2.45, 2.75) is 20.3 Å². The fourth-order valence-corrected chi connectivity index (χ4v) is 2.73. The quantitative estimate of drug-likeness (QED) is 0.600. The molecule has 0 amide bonds. The molecule has 3 aromatic rings. The van der Waals surface area contributed by atoms with Crippen LogP contribution in [0.3, 0.4) is 0 Å². The summed E-state index contributed by atoms with van der Waals surface area (Å²) >= 11 is 0. The van der Waals surface area contributed by atoms with E-state index in [9.17, 15) is 14.7 Å². The molecule has 0 bridgehead atoms. The van der Waals surface area contributed by atoms with Crippen LogP contribution < -0.4 is 11.2 Å². The summed E-state index contributed by atoms with van der Waals surface area (Å²) in [7, 11) is 0. The number of aryl methyl sites for hydroxylation is 1. The maximum absolute atomic E-state index is 12.3. The molecule has 0 spiro atoms. The molecule has 3 rings (SSSR count). The second kappa shape index (κ2) is 7.22. The number of H-pyrrole nitrogens is 2. The average Bonchev–Trinajstić information content (AvgIpc) is 3.09. The summed E-state index contributed by atoms with van der Waals surface area (Å²) in [5.41, 5.74) is 1.18. The fraction of sp³-hybridized carbons (Fsp3) is 0.222. The van der Waals surface area contributed by atoms with Crippen LogP contribution in [0, 0.1) is 6.92 Å². The highest BCUT2D eigenvalue weighted by Gasteiger charge is 2.18. The molecule has 0 fully saturated rings. The van der Waals surface area contributed by atoms with E-state index in [1.54, 1.807) is 31.6 Å². The Morgan fingerprint density at radius 2 is 2.08 bits per heavy atom. The molecule has 1 aromatic carbocycles. The Labute approximate surface area is 148 Å². The van der Waals surface area contributed by atoms with E-state index in [0.717, 1.165) is 15.8 Å². The standard InChI is InChI=1S/C18H19N5O3/c1-11-5-3-4-6-14(11)23-17(25)15(16(24)22-18(23)26)12(2)20-8-7-13-9-19-10-21-13/h3-6,9-10,25H,7-8H2,1-2H3,(H,19,21)(H,22,24,26). The van der Waals surface area contributed by atoms with Gasteiger partial charge in [-0.15, -0.1) is 0 Å². The molecule has 2 aromatic heterocycles. The van der Waals surface area contributed by atoms with Crippen LogP contribution in [0.25, 0.3) is 5.69 Å². The molecule has 134 valence electrons. The second-order valence-corrected chi connectivity index (χ2v) is 5.87. The van der Waals surface area contributed by atoms with Crippen molar-refractivity contribution in [1.82, 2.24) is 19.5 Å². The van der Waals surface area contributed by atoms with Gasteiger partial charge in [0.2, 0.25) is 5.88 Å². The highest BCUT2D eigenvalue weighted by Crippen LogP contribution is 2.19. The molecular weight excluding hydrogens is 334 g/mol. The SMILES string of the molecule is CC(=NCCc1cnc[nH]1)c1c(O)n(-c2ccccc2C)c(=O)[nH]c1=O. The van der Waals surface area contributed by atoms with Crippen molar-refractivity contribution in [3.05, 3.63) is 74.4 Å². The van der Waals surface area contributed by atoms with Crippen molar-refractivity contribution in [2.24, 2.45) is 4.99 Å². The Morgan fingerprint density at radius 3 is 2.77 bits per heavy atom. The number of rotatable bonds is 5.